The van der Waals surface area contributed by atoms with Crippen LogP contribution in [0.4, 0.5) is 0 Å². The van der Waals surface area contributed by atoms with Crippen molar-refractivity contribution in [2.45, 2.75) is 31.9 Å². The van der Waals surface area contributed by atoms with Crippen LogP contribution in [0.25, 0.3) is 0 Å². The summed E-state index contributed by atoms with van der Waals surface area (Å²) in [4.78, 5) is 23.4. The molecular formula is C19H22N4O2. The normalized spacial score (nSPS) is 19.6. The Morgan fingerprint density at radius 2 is 1.92 bits per heavy atom. The minimum absolute atomic E-state index is 0.0528. The minimum atomic E-state index is -0.326. The Morgan fingerprint density at radius 1 is 1.20 bits per heavy atom. The number of piperidine rings is 1. The summed E-state index contributed by atoms with van der Waals surface area (Å²) in [7, 11) is 0. The molecule has 1 amide bonds. The van der Waals surface area contributed by atoms with Gasteiger partial charge >= 0.3 is 0 Å². The Balaban J connectivity index is 1.44. The highest BCUT2D eigenvalue weighted by Gasteiger charge is 2.39. The monoisotopic (exact) mass is 338 g/mol. The van der Waals surface area contributed by atoms with Gasteiger partial charge in [0, 0.05) is 38.3 Å². The summed E-state index contributed by atoms with van der Waals surface area (Å²) in [6, 6.07) is 7.47. The van der Waals surface area contributed by atoms with Gasteiger partial charge in [-0.3, -0.25) is 9.69 Å². The zero-order chi connectivity index (χ0) is 17.3. The summed E-state index contributed by atoms with van der Waals surface area (Å²) in [6.45, 7) is 5.09. The molecule has 2 aromatic rings. The van der Waals surface area contributed by atoms with Crippen LogP contribution >= 0.6 is 0 Å². The van der Waals surface area contributed by atoms with E-state index in [1.165, 1.54) is 0 Å². The molecule has 0 atom stereocenters. The summed E-state index contributed by atoms with van der Waals surface area (Å²) >= 11 is 0. The van der Waals surface area contributed by atoms with E-state index in [1.54, 1.807) is 0 Å². The zero-order valence-electron chi connectivity index (χ0n) is 14.4. The molecule has 0 saturated carbocycles. The molecule has 0 aliphatic carbocycles. The molecule has 1 spiro atoms. The number of likely N-dealkylation sites (tertiary alicyclic amines) is 1. The Hall–Kier alpha value is -2.47. The average Bonchev–Trinajstić information content (AvgIpc) is 2.77. The first-order chi connectivity index (χ1) is 12.1. The van der Waals surface area contributed by atoms with Crippen molar-refractivity contribution < 1.29 is 9.53 Å². The molecule has 1 saturated heterocycles. The lowest BCUT2D eigenvalue weighted by Crippen LogP contribution is -2.53. The third-order valence-corrected chi connectivity index (χ3v) is 5.00. The molecule has 2 aliphatic heterocycles. The second-order valence-electron chi connectivity index (χ2n) is 6.92. The summed E-state index contributed by atoms with van der Waals surface area (Å²) in [5.74, 6) is 1.48. The summed E-state index contributed by atoms with van der Waals surface area (Å²) < 4.78 is 6.33. The number of rotatable bonds is 2. The smallest absolute Gasteiger partial charge is 0.255 e. The van der Waals surface area contributed by atoms with E-state index in [-0.39, 0.29) is 11.5 Å². The predicted molar refractivity (Wildman–Crippen MR) is 93.4 cm³/mol. The molecular weight excluding hydrogens is 316 g/mol. The van der Waals surface area contributed by atoms with Gasteiger partial charge in [-0.2, -0.15) is 0 Å². The van der Waals surface area contributed by atoms with Crippen LogP contribution in [-0.2, 0) is 6.54 Å². The summed E-state index contributed by atoms with van der Waals surface area (Å²) in [6.07, 6.45) is 5.45. The molecule has 0 bridgehead atoms. The van der Waals surface area contributed by atoms with E-state index in [2.05, 4.69) is 20.2 Å². The quantitative estimate of drug-likeness (QED) is 0.906. The Labute approximate surface area is 147 Å². The molecule has 0 radical (unpaired) electrons. The predicted octanol–water partition coefficient (Wildman–Crippen LogP) is 1.94. The highest BCUT2D eigenvalue weighted by atomic mass is 16.5. The van der Waals surface area contributed by atoms with E-state index < -0.39 is 0 Å². The molecule has 1 aromatic heterocycles. The number of nitrogens with zero attached hydrogens (tertiary/aromatic N) is 3. The molecule has 1 fully saturated rings. The summed E-state index contributed by atoms with van der Waals surface area (Å²) in [5, 5.41) is 3.02. The highest BCUT2D eigenvalue weighted by Crippen LogP contribution is 2.33. The molecule has 1 N–H and O–H groups in total. The number of nitrogens with one attached hydrogen (secondary N) is 1. The van der Waals surface area contributed by atoms with E-state index in [9.17, 15) is 4.79 Å². The first kappa shape index (κ1) is 16.0. The lowest BCUT2D eigenvalue weighted by molar-refractivity contribution is 0.00332. The van der Waals surface area contributed by atoms with Crippen LogP contribution in [0.15, 0.2) is 36.7 Å². The number of para-hydroxylation sites is 1. The number of fused-ring (bicyclic) bond motifs is 1. The van der Waals surface area contributed by atoms with Crippen LogP contribution in [0.3, 0.4) is 0 Å². The topological polar surface area (TPSA) is 67.4 Å². The second-order valence-corrected chi connectivity index (χ2v) is 6.92. The molecule has 4 rings (SSSR count). The first-order valence-electron chi connectivity index (χ1n) is 8.70. The van der Waals surface area contributed by atoms with Gasteiger partial charge in [-0.1, -0.05) is 12.1 Å². The maximum atomic E-state index is 12.2. The lowest BCUT2D eigenvalue weighted by atomic mass is 9.91. The third-order valence-electron chi connectivity index (χ3n) is 5.00. The van der Waals surface area contributed by atoms with Crippen molar-refractivity contribution in [3.8, 4) is 5.75 Å². The lowest BCUT2D eigenvalue weighted by Gasteiger charge is -2.40. The van der Waals surface area contributed by atoms with Gasteiger partial charge in [0.15, 0.2) is 0 Å². The van der Waals surface area contributed by atoms with Crippen molar-refractivity contribution in [1.29, 1.82) is 0 Å². The minimum Gasteiger partial charge on any atom is -0.485 e. The van der Waals surface area contributed by atoms with Gasteiger partial charge in [-0.25, -0.2) is 9.97 Å². The van der Waals surface area contributed by atoms with Crippen molar-refractivity contribution in [3.63, 3.8) is 0 Å². The number of carbonyl (C=O) groups is 1. The first-order valence-corrected chi connectivity index (χ1v) is 8.70. The summed E-state index contributed by atoms with van der Waals surface area (Å²) in [5.41, 5.74) is 1.37. The van der Waals surface area contributed by atoms with Crippen LogP contribution in [-0.4, -0.2) is 46.0 Å². The number of hydrogen-bond acceptors (Lipinski definition) is 5. The van der Waals surface area contributed by atoms with E-state index in [4.69, 9.17) is 4.74 Å². The maximum absolute atomic E-state index is 12.2. The van der Waals surface area contributed by atoms with Crippen molar-refractivity contribution >= 4 is 5.91 Å². The maximum Gasteiger partial charge on any atom is 0.255 e. The number of aryl methyl sites for hydroxylation is 1. The van der Waals surface area contributed by atoms with Crippen molar-refractivity contribution in [3.05, 3.63) is 53.6 Å². The van der Waals surface area contributed by atoms with Crippen LogP contribution in [0, 0.1) is 6.92 Å². The second kappa shape index (κ2) is 6.44. The molecule has 1 aromatic carbocycles. The largest absolute Gasteiger partial charge is 0.485 e. The van der Waals surface area contributed by atoms with Gasteiger partial charge < -0.3 is 10.1 Å². The molecule has 25 heavy (non-hydrogen) atoms. The fraction of sp³-hybridized carbons (Fsp3) is 0.421. The highest BCUT2D eigenvalue weighted by molar-refractivity contribution is 5.97. The fourth-order valence-corrected chi connectivity index (χ4v) is 3.45. The van der Waals surface area contributed by atoms with Gasteiger partial charge in [0.1, 0.15) is 17.2 Å². The molecule has 3 heterocycles. The van der Waals surface area contributed by atoms with Gasteiger partial charge in [0.25, 0.3) is 5.91 Å². The third kappa shape index (κ3) is 3.35. The van der Waals surface area contributed by atoms with E-state index in [1.807, 2.05) is 43.6 Å². The van der Waals surface area contributed by atoms with Crippen molar-refractivity contribution in [1.82, 2.24) is 20.2 Å². The Morgan fingerprint density at radius 3 is 2.68 bits per heavy atom. The fourth-order valence-electron chi connectivity index (χ4n) is 3.45. The van der Waals surface area contributed by atoms with Crippen LogP contribution in [0.5, 0.6) is 5.75 Å². The molecule has 0 unspecified atom stereocenters. The number of carbonyl (C=O) groups excluding carboxylic acids is 1. The molecule has 130 valence electrons. The Bertz CT molecular complexity index is 767. The van der Waals surface area contributed by atoms with Crippen molar-refractivity contribution in [2.75, 3.05) is 19.6 Å². The van der Waals surface area contributed by atoms with Gasteiger partial charge in [0.05, 0.1) is 18.7 Å². The zero-order valence-corrected chi connectivity index (χ0v) is 14.4. The number of amides is 1. The average molecular weight is 338 g/mol. The number of ether oxygens (including phenoxy) is 1. The van der Waals surface area contributed by atoms with Gasteiger partial charge in [0.2, 0.25) is 0 Å². The number of hydrogen-bond donors (Lipinski definition) is 1. The van der Waals surface area contributed by atoms with Gasteiger partial charge in [-0.15, -0.1) is 0 Å². The van der Waals surface area contributed by atoms with E-state index in [0.717, 1.165) is 43.9 Å². The van der Waals surface area contributed by atoms with Crippen molar-refractivity contribution in [2.24, 2.45) is 0 Å². The van der Waals surface area contributed by atoms with E-state index >= 15 is 0 Å². The molecule has 6 heteroatoms. The number of benzene rings is 1. The SMILES string of the molecule is Cc1cnc(CN2CCC3(CC2)CNC(=O)c2ccccc2O3)nc1. The van der Waals surface area contributed by atoms with Crippen LogP contribution in [0.1, 0.15) is 34.6 Å². The van der Waals surface area contributed by atoms with Gasteiger partial charge in [-0.05, 0) is 24.6 Å². The molecule has 6 nitrogen and oxygen atoms in total. The van der Waals surface area contributed by atoms with E-state index in [0.29, 0.717) is 17.9 Å². The number of aromatic nitrogens is 2. The molecule has 2 aliphatic rings. The van der Waals surface area contributed by atoms with Crippen LogP contribution < -0.4 is 10.1 Å². The Kier molecular flexibility index (Phi) is 4.13. The standard InChI is InChI=1S/C19H22N4O2/c1-14-10-20-17(21-11-14)12-23-8-6-19(7-9-23)13-22-18(24)15-4-2-3-5-16(15)25-19/h2-5,10-11H,6-9,12-13H2,1H3,(H,22,24). The van der Waals surface area contributed by atoms with Crippen LogP contribution in [0.2, 0.25) is 0 Å².